The van der Waals surface area contributed by atoms with Crippen molar-refractivity contribution in [3.63, 3.8) is 0 Å². The highest BCUT2D eigenvalue weighted by Crippen LogP contribution is 2.02. The molecule has 1 rings (SSSR count). The van der Waals surface area contributed by atoms with Gasteiger partial charge in [0.05, 0.1) is 25.0 Å². The summed E-state index contributed by atoms with van der Waals surface area (Å²) in [7, 11) is 1.87. The maximum Gasteiger partial charge on any atom is 0.129 e. The van der Waals surface area contributed by atoms with Crippen LogP contribution in [0.15, 0.2) is 22.8 Å². The van der Waals surface area contributed by atoms with Gasteiger partial charge in [-0.1, -0.05) is 0 Å². The minimum Gasteiger partial charge on any atom is -0.467 e. The predicted molar refractivity (Wildman–Crippen MR) is 62.1 cm³/mol. The number of aliphatic hydroxyl groups is 1. The number of rotatable bonds is 8. The highest BCUT2D eigenvalue weighted by Gasteiger charge is 2.08. The van der Waals surface area contributed by atoms with Crippen LogP contribution in [0.25, 0.3) is 0 Å². The fourth-order valence-corrected chi connectivity index (χ4v) is 1.43. The van der Waals surface area contributed by atoms with Crippen molar-refractivity contribution in [1.82, 2.24) is 4.90 Å². The van der Waals surface area contributed by atoms with E-state index in [0.717, 1.165) is 5.76 Å². The van der Waals surface area contributed by atoms with Crippen LogP contribution in [0.5, 0.6) is 0 Å². The quantitative estimate of drug-likeness (QED) is 0.731. The van der Waals surface area contributed by atoms with Crippen molar-refractivity contribution in [1.29, 1.82) is 5.26 Å². The van der Waals surface area contributed by atoms with Crippen molar-refractivity contribution in [2.75, 3.05) is 26.7 Å². The van der Waals surface area contributed by atoms with Crippen LogP contribution in [0.1, 0.15) is 12.2 Å². The molecule has 0 amide bonds. The highest BCUT2D eigenvalue weighted by molar-refractivity contribution is 4.96. The second-order valence-corrected chi connectivity index (χ2v) is 3.92. The largest absolute Gasteiger partial charge is 0.467 e. The Morgan fingerprint density at radius 2 is 2.47 bits per heavy atom. The van der Waals surface area contributed by atoms with E-state index < -0.39 is 6.10 Å². The smallest absolute Gasteiger partial charge is 0.129 e. The molecule has 5 heteroatoms. The molecule has 0 fully saturated rings. The first-order chi connectivity index (χ1) is 8.22. The van der Waals surface area contributed by atoms with Gasteiger partial charge in [-0.05, 0) is 19.2 Å². The summed E-state index contributed by atoms with van der Waals surface area (Å²) < 4.78 is 10.4. The fourth-order valence-electron chi connectivity index (χ4n) is 1.43. The highest BCUT2D eigenvalue weighted by atomic mass is 16.5. The molecule has 1 atom stereocenters. The molecule has 0 bridgehead atoms. The molecule has 1 heterocycles. The molecule has 0 saturated heterocycles. The number of hydrogen-bond donors (Lipinski definition) is 1. The molecule has 0 saturated carbocycles. The van der Waals surface area contributed by atoms with Crippen molar-refractivity contribution >= 4 is 0 Å². The monoisotopic (exact) mass is 238 g/mol. The van der Waals surface area contributed by atoms with E-state index in [4.69, 9.17) is 14.4 Å². The van der Waals surface area contributed by atoms with E-state index in [9.17, 15) is 5.11 Å². The van der Waals surface area contributed by atoms with Crippen LogP contribution in [-0.2, 0) is 11.3 Å². The zero-order valence-electron chi connectivity index (χ0n) is 10.0. The molecule has 0 aliphatic rings. The van der Waals surface area contributed by atoms with Crippen LogP contribution in [0.2, 0.25) is 0 Å². The summed E-state index contributed by atoms with van der Waals surface area (Å²) in [5.74, 6) is 0.745. The van der Waals surface area contributed by atoms with E-state index in [1.807, 2.05) is 18.0 Å². The summed E-state index contributed by atoms with van der Waals surface area (Å²) in [6, 6.07) is 5.69. The van der Waals surface area contributed by atoms with Gasteiger partial charge in [0.1, 0.15) is 12.4 Å². The van der Waals surface area contributed by atoms with E-state index in [0.29, 0.717) is 26.1 Å². The van der Waals surface area contributed by atoms with E-state index in [-0.39, 0.29) is 6.61 Å². The molecular formula is C12H18N2O3. The minimum absolute atomic E-state index is 0.262. The van der Waals surface area contributed by atoms with Gasteiger partial charge in [-0.3, -0.25) is 0 Å². The summed E-state index contributed by atoms with van der Waals surface area (Å²) in [6.07, 6.45) is 1.51. The molecule has 0 spiro atoms. The topological polar surface area (TPSA) is 69.6 Å². The molecule has 0 radical (unpaired) electrons. The summed E-state index contributed by atoms with van der Waals surface area (Å²) in [5, 5.41) is 18.1. The van der Waals surface area contributed by atoms with Gasteiger partial charge in [-0.2, -0.15) is 5.26 Å². The van der Waals surface area contributed by atoms with E-state index in [1.165, 1.54) is 0 Å². The zero-order chi connectivity index (χ0) is 12.5. The number of ether oxygens (including phenoxy) is 1. The third-order valence-corrected chi connectivity index (χ3v) is 2.26. The lowest BCUT2D eigenvalue weighted by atomic mass is 10.3. The number of nitrogens with zero attached hydrogens (tertiary/aromatic N) is 2. The normalized spacial score (nSPS) is 12.6. The molecule has 0 aliphatic heterocycles. The Morgan fingerprint density at radius 1 is 1.65 bits per heavy atom. The molecule has 0 aromatic carbocycles. The zero-order valence-corrected chi connectivity index (χ0v) is 10.0. The number of furan rings is 1. The third kappa shape index (κ3) is 6.07. The van der Waals surface area contributed by atoms with Crippen LogP contribution in [-0.4, -0.2) is 42.9 Å². The molecular weight excluding hydrogens is 220 g/mol. The van der Waals surface area contributed by atoms with Crippen LogP contribution in [0, 0.1) is 11.3 Å². The lowest BCUT2D eigenvalue weighted by Crippen LogP contribution is -2.32. The Balaban J connectivity index is 2.08. The first-order valence-electron chi connectivity index (χ1n) is 5.56. The molecule has 1 unspecified atom stereocenters. The molecule has 1 aromatic heterocycles. The first kappa shape index (κ1) is 13.7. The fraction of sp³-hybridized carbons (Fsp3) is 0.583. The lowest BCUT2D eigenvalue weighted by molar-refractivity contribution is 0.00888. The van der Waals surface area contributed by atoms with Crippen molar-refractivity contribution in [3.05, 3.63) is 24.2 Å². The number of aliphatic hydroxyl groups excluding tert-OH is 1. The minimum atomic E-state index is -0.548. The molecule has 0 aliphatic carbocycles. The maximum absolute atomic E-state index is 9.67. The number of likely N-dealkylation sites (N-methyl/N-ethyl adjacent to an activating group) is 1. The summed E-state index contributed by atoms with van der Waals surface area (Å²) in [4.78, 5) is 1.91. The van der Waals surface area contributed by atoms with E-state index in [1.54, 1.807) is 12.3 Å². The second-order valence-electron chi connectivity index (χ2n) is 3.92. The predicted octanol–water partition coefficient (Wildman–Crippen LogP) is 1.00. The van der Waals surface area contributed by atoms with Gasteiger partial charge in [0.15, 0.2) is 0 Å². The Bertz CT molecular complexity index is 332. The molecule has 1 aromatic rings. The number of hydrogen-bond acceptors (Lipinski definition) is 5. The van der Waals surface area contributed by atoms with Gasteiger partial charge < -0.3 is 19.2 Å². The average molecular weight is 238 g/mol. The Morgan fingerprint density at radius 3 is 3.12 bits per heavy atom. The Hall–Kier alpha value is -1.35. The first-order valence-corrected chi connectivity index (χ1v) is 5.56. The van der Waals surface area contributed by atoms with Crippen molar-refractivity contribution < 1.29 is 14.3 Å². The summed E-state index contributed by atoms with van der Waals surface area (Å²) >= 11 is 0. The summed E-state index contributed by atoms with van der Waals surface area (Å²) in [6.45, 7) is 1.79. The van der Waals surface area contributed by atoms with Crippen LogP contribution in [0.4, 0.5) is 0 Å². The number of nitriles is 1. The van der Waals surface area contributed by atoms with Gasteiger partial charge in [0, 0.05) is 19.5 Å². The standard InChI is InChI=1S/C12H18N2O3/c1-14(6-3-5-13)8-11(15)9-16-10-12-4-2-7-17-12/h2,4,7,11,15H,3,6,8-10H2,1H3. The van der Waals surface area contributed by atoms with Crippen LogP contribution < -0.4 is 0 Å². The van der Waals surface area contributed by atoms with Gasteiger partial charge >= 0.3 is 0 Å². The molecule has 94 valence electrons. The second kappa shape index (κ2) is 7.85. The van der Waals surface area contributed by atoms with E-state index in [2.05, 4.69) is 6.07 Å². The lowest BCUT2D eigenvalue weighted by Gasteiger charge is -2.19. The molecule has 1 N–H and O–H groups in total. The summed E-state index contributed by atoms with van der Waals surface area (Å²) in [5.41, 5.74) is 0. The van der Waals surface area contributed by atoms with Crippen molar-refractivity contribution in [2.45, 2.75) is 19.1 Å². The van der Waals surface area contributed by atoms with Crippen molar-refractivity contribution in [3.8, 4) is 6.07 Å². The Labute approximate surface area is 101 Å². The van der Waals surface area contributed by atoms with Gasteiger partial charge in [-0.25, -0.2) is 0 Å². The van der Waals surface area contributed by atoms with Gasteiger partial charge in [-0.15, -0.1) is 0 Å². The maximum atomic E-state index is 9.67. The van der Waals surface area contributed by atoms with Crippen LogP contribution >= 0.6 is 0 Å². The van der Waals surface area contributed by atoms with Gasteiger partial charge in [0.25, 0.3) is 0 Å². The molecule has 17 heavy (non-hydrogen) atoms. The van der Waals surface area contributed by atoms with Crippen molar-refractivity contribution in [2.24, 2.45) is 0 Å². The molecule has 5 nitrogen and oxygen atoms in total. The van der Waals surface area contributed by atoms with Gasteiger partial charge in [0.2, 0.25) is 0 Å². The van der Waals surface area contributed by atoms with E-state index >= 15 is 0 Å². The Kier molecular flexibility index (Phi) is 6.33. The average Bonchev–Trinajstić information content (AvgIpc) is 2.79. The van der Waals surface area contributed by atoms with Crippen LogP contribution in [0.3, 0.4) is 0 Å². The third-order valence-electron chi connectivity index (χ3n) is 2.26. The SMILES string of the molecule is CN(CCC#N)CC(O)COCc1ccco1.